The van der Waals surface area contributed by atoms with Crippen molar-refractivity contribution in [3.8, 4) is 0 Å². The standard InChI is InChI=1S/C21H18FN3O2/c1-14(26)23-17-5-4-6-18(13-17)24-15-9-11-16(12-10-15)25-21(27)19-7-2-3-8-20(19)22/h2-13,24H,1H3,(H,23,26)(H,25,27). The minimum absolute atomic E-state index is 0.00510. The van der Waals surface area contributed by atoms with Gasteiger partial charge in [0.2, 0.25) is 5.91 Å². The lowest BCUT2D eigenvalue weighted by molar-refractivity contribution is -0.114. The van der Waals surface area contributed by atoms with E-state index in [0.717, 1.165) is 11.4 Å². The van der Waals surface area contributed by atoms with Crippen LogP contribution in [0.5, 0.6) is 0 Å². The average molecular weight is 363 g/mol. The third-order valence-corrected chi connectivity index (χ3v) is 3.73. The third kappa shape index (κ3) is 4.92. The van der Waals surface area contributed by atoms with E-state index >= 15 is 0 Å². The highest BCUT2D eigenvalue weighted by Gasteiger charge is 2.10. The van der Waals surface area contributed by atoms with Gasteiger partial charge in [-0.2, -0.15) is 0 Å². The van der Waals surface area contributed by atoms with E-state index in [1.165, 1.54) is 25.1 Å². The molecule has 3 rings (SSSR count). The first kappa shape index (κ1) is 18.1. The second kappa shape index (κ2) is 8.14. The second-order valence-electron chi connectivity index (χ2n) is 5.90. The van der Waals surface area contributed by atoms with Gasteiger partial charge >= 0.3 is 0 Å². The number of halogens is 1. The largest absolute Gasteiger partial charge is 0.355 e. The first-order valence-electron chi connectivity index (χ1n) is 8.32. The van der Waals surface area contributed by atoms with Crippen molar-refractivity contribution in [2.75, 3.05) is 16.0 Å². The maximum atomic E-state index is 13.7. The molecule has 0 fully saturated rings. The van der Waals surface area contributed by atoms with Crippen molar-refractivity contribution in [1.82, 2.24) is 0 Å². The van der Waals surface area contributed by atoms with Crippen LogP contribution in [0.2, 0.25) is 0 Å². The molecule has 5 nitrogen and oxygen atoms in total. The van der Waals surface area contributed by atoms with Crippen molar-refractivity contribution in [2.45, 2.75) is 6.92 Å². The summed E-state index contributed by atoms with van der Waals surface area (Å²) >= 11 is 0. The maximum absolute atomic E-state index is 13.7. The van der Waals surface area contributed by atoms with Gasteiger partial charge in [0.05, 0.1) is 5.56 Å². The molecule has 0 unspecified atom stereocenters. The SMILES string of the molecule is CC(=O)Nc1cccc(Nc2ccc(NC(=O)c3ccccc3F)cc2)c1. The molecule has 6 heteroatoms. The molecule has 2 amide bonds. The number of rotatable bonds is 5. The van der Waals surface area contributed by atoms with E-state index in [9.17, 15) is 14.0 Å². The molecule has 0 aromatic heterocycles. The summed E-state index contributed by atoms with van der Waals surface area (Å²) in [6, 6.07) is 20.2. The number of carbonyl (C=O) groups is 2. The number of hydrogen-bond donors (Lipinski definition) is 3. The molecule has 3 N–H and O–H groups in total. The minimum atomic E-state index is -0.563. The molecule has 3 aromatic carbocycles. The van der Waals surface area contributed by atoms with Crippen LogP contribution in [0.1, 0.15) is 17.3 Å². The van der Waals surface area contributed by atoms with Gasteiger partial charge in [0, 0.05) is 29.7 Å². The summed E-state index contributed by atoms with van der Waals surface area (Å²) in [5, 5.41) is 8.61. The molecule has 136 valence electrons. The van der Waals surface area contributed by atoms with Crippen LogP contribution < -0.4 is 16.0 Å². The Morgan fingerprint density at radius 3 is 2.11 bits per heavy atom. The summed E-state index contributed by atoms with van der Waals surface area (Å²) in [5.41, 5.74) is 2.86. The summed E-state index contributed by atoms with van der Waals surface area (Å²) in [6.07, 6.45) is 0. The number of anilines is 4. The van der Waals surface area contributed by atoms with Gasteiger partial charge in [-0.3, -0.25) is 9.59 Å². The van der Waals surface area contributed by atoms with Crippen LogP contribution in [-0.2, 0) is 4.79 Å². The molecule has 0 spiro atoms. The van der Waals surface area contributed by atoms with E-state index in [1.54, 1.807) is 36.4 Å². The van der Waals surface area contributed by atoms with Crippen molar-refractivity contribution in [1.29, 1.82) is 0 Å². The van der Waals surface area contributed by atoms with Gasteiger partial charge in [-0.15, -0.1) is 0 Å². The summed E-state index contributed by atoms with van der Waals surface area (Å²) in [6.45, 7) is 1.45. The first-order valence-corrected chi connectivity index (χ1v) is 8.32. The fourth-order valence-electron chi connectivity index (χ4n) is 2.53. The molecule has 0 atom stereocenters. The van der Waals surface area contributed by atoms with Gasteiger partial charge in [0.15, 0.2) is 0 Å². The van der Waals surface area contributed by atoms with Crippen LogP contribution in [0.25, 0.3) is 0 Å². The molecular formula is C21H18FN3O2. The van der Waals surface area contributed by atoms with E-state index < -0.39 is 11.7 Å². The van der Waals surface area contributed by atoms with Crippen molar-refractivity contribution < 1.29 is 14.0 Å². The highest BCUT2D eigenvalue weighted by atomic mass is 19.1. The molecule has 3 aromatic rings. The lowest BCUT2D eigenvalue weighted by Gasteiger charge is -2.10. The van der Waals surface area contributed by atoms with E-state index in [1.807, 2.05) is 18.2 Å². The van der Waals surface area contributed by atoms with Gasteiger partial charge in [-0.05, 0) is 54.6 Å². The predicted molar refractivity (Wildman–Crippen MR) is 105 cm³/mol. The van der Waals surface area contributed by atoms with Crippen LogP contribution in [0.3, 0.4) is 0 Å². The summed E-state index contributed by atoms with van der Waals surface area (Å²) in [4.78, 5) is 23.3. The van der Waals surface area contributed by atoms with Gasteiger partial charge < -0.3 is 16.0 Å². The molecule has 0 aliphatic carbocycles. The number of nitrogens with one attached hydrogen (secondary N) is 3. The van der Waals surface area contributed by atoms with Crippen molar-refractivity contribution in [3.05, 3.63) is 84.2 Å². The Bertz CT molecular complexity index is 971. The molecule has 0 saturated carbocycles. The summed E-state index contributed by atoms with van der Waals surface area (Å²) in [5.74, 6) is -1.20. The van der Waals surface area contributed by atoms with Gasteiger partial charge in [0.25, 0.3) is 5.91 Å². The second-order valence-corrected chi connectivity index (χ2v) is 5.90. The fraction of sp³-hybridized carbons (Fsp3) is 0.0476. The van der Waals surface area contributed by atoms with Crippen molar-refractivity contribution in [3.63, 3.8) is 0 Å². The first-order chi connectivity index (χ1) is 13.0. The fourth-order valence-corrected chi connectivity index (χ4v) is 2.53. The van der Waals surface area contributed by atoms with Crippen LogP contribution in [-0.4, -0.2) is 11.8 Å². The van der Waals surface area contributed by atoms with Crippen LogP contribution in [0.4, 0.5) is 27.1 Å². The zero-order valence-electron chi connectivity index (χ0n) is 14.6. The Morgan fingerprint density at radius 1 is 0.741 bits per heavy atom. The van der Waals surface area contributed by atoms with Crippen molar-refractivity contribution in [2.24, 2.45) is 0 Å². The third-order valence-electron chi connectivity index (χ3n) is 3.73. The Morgan fingerprint density at radius 2 is 1.41 bits per heavy atom. The van der Waals surface area contributed by atoms with Gasteiger partial charge in [-0.25, -0.2) is 4.39 Å². The molecule has 0 heterocycles. The Kier molecular flexibility index (Phi) is 5.47. The lowest BCUT2D eigenvalue weighted by Crippen LogP contribution is -2.13. The maximum Gasteiger partial charge on any atom is 0.258 e. The molecule has 0 saturated heterocycles. The summed E-state index contributed by atoms with van der Waals surface area (Å²) in [7, 11) is 0. The number of carbonyl (C=O) groups excluding carboxylic acids is 2. The molecule has 0 aliphatic heterocycles. The summed E-state index contributed by atoms with van der Waals surface area (Å²) < 4.78 is 13.7. The number of amides is 2. The highest BCUT2D eigenvalue weighted by molar-refractivity contribution is 6.04. The molecule has 0 radical (unpaired) electrons. The quantitative estimate of drug-likeness (QED) is 0.611. The Hall–Kier alpha value is -3.67. The highest BCUT2D eigenvalue weighted by Crippen LogP contribution is 2.22. The van der Waals surface area contributed by atoms with Gasteiger partial charge in [-0.1, -0.05) is 18.2 Å². The van der Waals surface area contributed by atoms with Gasteiger partial charge in [0.1, 0.15) is 5.82 Å². The molecule has 27 heavy (non-hydrogen) atoms. The van der Waals surface area contributed by atoms with Crippen LogP contribution >= 0.6 is 0 Å². The Balaban J connectivity index is 1.66. The zero-order chi connectivity index (χ0) is 19.2. The van der Waals surface area contributed by atoms with E-state index in [4.69, 9.17) is 0 Å². The topological polar surface area (TPSA) is 70.2 Å². The van der Waals surface area contributed by atoms with Crippen molar-refractivity contribution >= 4 is 34.6 Å². The molecular weight excluding hydrogens is 345 g/mol. The normalized spacial score (nSPS) is 10.1. The predicted octanol–water partition coefficient (Wildman–Crippen LogP) is 4.78. The van der Waals surface area contributed by atoms with Crippen LogP contribution in [0.15, 0.2) is 72.8 Å². The van der Waals surface area contributed by atoms with E-state index in [0.29, 0.717) is 11.4 Å². The van der Waals surface area contributed by atoms with E-state index in [2.05, 4.69) is 16.0 Å². The molecule has 0 aliphatic rings. The number of hydrogen-bond acceptors (Lipinski definition) is 3. The zero-order valence-corrected chi connectivity index (χ0v) is 14.6. The smallest absolute Gasteiger partial charge is 0.258 e. The minimum Gasteiger partial charge on any atom is -0.355 e. The monoisotopic (exact) mass is 363 g/mol. The average Bonchev–Trinajstić information content (AvgIpc) is 2.63. The Labute approximate surface area is 156 Å². The van der Waals surface area contributed by atoms with E-state index in [-0.39, 0.29) is 11.5 Å². The number of benzene rings is 3. The molecule has 0 bridgehead atoms. The van der Waals surface area contributed by atoms with Crippen LogP contribution in [0, 0.1) is 5.82 Å². The lowest BCUT2D eigenvalue weighted by atomic mass is 10.2.